The van der Waals surface area contributed by atoms with Crippen molar-refractivity contribution in [3.8, 4) is 11.3 Å². The van der Waals surface area contributed by atoms with Crippen LogP contribution in [0.1, 0.15) is 22.4 Å². The molecule has 0 N–H and O–H groups in total. The molecule has 0 fully saturated rings. The van der Waals surface area contributed by atoms with Gasteiger partial charge in [0.15, 0.2) is 0 Å². The third kappa shape index (κ3) is 2.62. The lowest BCUT2D eigenvalue weighted by molar-refractivity contribution is -0.137. The zero-order valence-electron chi connectivity index (χ0n) is 11.0. The Balaban J connectivity index is 2.67. The zero-order chi connectivity index (χ0) is 14.2. The largest absolute Gasteiger partial charge is 0.417 e. The van der Waals surface area contributed by atoms with Crippen LogP contribution in [0.4, 0.5) is 13.2 Å². The van der Waals surface area contributed by atoms with Crippen LogP contribution in [-0.4, -0.2) is 4.98 Å². The average Bonchev–Trinajstić information content (AvgIpc) is 2.34. The van der Waals surface area contributed by atoms with Crippen LogP contribution in [0.5, 0.6) is 0 Å². The molecule has 0 radical (unpaired) electrons. The number of benzene rings is 1. The van der Waals surface area contributed by atoms with Gasteiger partial charge >= 0.3 is 6.18 Å². The highest BCUT2D eigenvalue weighted by molar-refractivity contribution is 5.65. The smallest absolute Gasteiger partial charge is 0.253 e. The summed E-state index contributed by atoms with van der Waals surface area (Å²) in [4.78, 5) is 4.28. The molecule has 0 saturated heterocycles. The van der Waals surface area contributed by atoms with E-state index in [1.165, 1.54) is 12.1 Å². The van der Waals surface area contributed by atoms with Crippen LogP contribution in [0.3, 0.4) is 0 Å². The Bertz CT molecular complexity index is 592. The molecule has 19 heavy (non-hydrogen) atoms. The molecule has 1 heterocycles. The van der Waals surface area contributed by atoms with E-state index in [2.05, 4.69) is 4.98 Å². The van der Waals surface area contributed by atoms with E-state index < -0.39 is 11.7 Å². The van der Waals surface area contributed by atoms with Crippen molar-refractivity contribution in [1.29, 1.82) is 0 Å². The lowest BCUT2D eigenvalue weighted by atomic mass is 10.0. The Morgan fingerprint density at radius 1 is 1.00 bits per heavy atom. The van der Waals surface area contributed by atoms with Crippen LogP contribution in [0.2, 0.25) is 0 Å². The van der Waals surface area contributed by atoms with Crippen molar-refractivity contribution in [3.63, 3.8) is 0 Å². The maximum absolute atomic E-state index is 13.0. The summed E-state index contributed by atoms with van der Waals surface area (Å²) in [5.41, 5.74) is 2.56. The van der Waals surface area contributed by atoms with Crippen LogP contribution in [-0.2, 0) is 6.18 Å². The van der Waals surface area contributed by atoms with E-state index in [9.17, 15) is 13.2 Å². The lowest BCUT2D eigenvalue weighted by Crippen LogP contribution is -2.08. The molecule has 1 aromatic heterocycles. The number of aromatic nitrogens is 1. The molecule has 0 saturated carbocycles. The molecule has 0 bridgehead atoms. The van der Waals surface area contributed by atoms with Gasteiger partial charge in [-0.15, -0.1) is 0 Å². The first-order valence-corrected chi connectivity index (χ1v) is 5.92. The van der Waals surface area contributed by atoms with Crippen molar-refractivity contribution in [2.45, 2.75) is 26.9 Å². The molecule has 2 aromatic rings. The van der Waals surface area contributed by atoms with Gasteiger partial charge in [-0.1, -0.05) is 18.2 Å². The van der Waals surface area contributed by atoms with E-state index in [0.717, 1.165) is 22.9 Å². The molecular weight excluding hydrogens is 251 g/mol. The zero-order valence-corrected chi connectivity index (χ0v) is 11.0. The van der Waals surface area contributed by atoms with Crippen LogP contribution >= 0.6 is 0 Å². The Hall–Kier alpha value is -1.84. The minimum absolute atomic E-state index is 0.126. The van der Waals surface area contributed by atoms with E-state index >= 15 is 0 Å². The summed E-state index contributed by atoms with van der Waals surface area (Å²) in [6, 6.07) is 7.23. The van der Waals surface area contributed by atoms with Crippen molar-refractivity contribution in [3.05, 3.63) is 52.7 Å². The molecule has 0 aliphatic rings. The van der Waals surface area contributed by atoms with Crippen LogP contribution in [0, 0.1) is 20.8 Å². The van der Waals surface area contributed by atoms with E-state index in [1.807, 2.05) is 20.8 Å². The van der Waals surface area contributed by atoms with Crippen molar-refractivity contribution in [2.75, 3.05) is 0 Å². The molecule has 2 rings (SSSR count). The number of hydrogen-bond acceptors (Lipinski definition) is 1. The van der Waals surface area contributed by atoms with Crippen LogP contribution in [0.25, 0.3) is 11.3 Å². The molecule has 4 heteroatoms. The molecule has 1 nitrogen and oxygen atoms in total. The highest BCUT2D eigenvalue weighted by atomic mass is 19.4. The fourth-order valence-corrected chi connectivity index (χ4v) is 1.99. The number of hydrogen-bond donors (Lipinski definition) is 0. The van der Waals surface area contributed by atoms with Crippen molar-refractivity contribution in [2.24, 2.45) is 0 Å². The van der Waals surface area contributed by atoms with E-state index in [0.29, 0.717) is 5.69 Å². The number of nitrogens with zero attached hydrogens (tertiary/aromatic N) is 1. The van der Waals surface area contributed by atoms with Gasteiger partial charge in [0.2, 0.25) is 0 Å². The summed E-state index contributed by atoms with van der Waals surface area (Å²) in [6.07, 6.45) is -4.37. The number of pyridine rings is 1. The number of halogens is 3. The monoisotopic (exact) mass is 265 g/mol. The predicted octanol–water partition coefficient (Wildman–Crippen LogP) is 4.69. The topological polar surface area (TPSA) is 12.9 Å². The molecule has 100 valence electrons. The first-order chi connectivity index (χ1) is 8.80. The van der Waals surface area contributed by atoms with Gasteiger partial charge in [-0.25, -0.2) is 0 Å². The van der Waals surface area contributed by atoms with Crippen molar-refractivity contribution in [1.82, 2.24) is 4.98 Å². The van der Waals surface area contributed by atoms with Gasteiger partial charge in [0.1, 0.15) is 0 Å². The molecule has 0 aliphatic heterocycles. The fourth-order valence-electron chi connectivity index (χ4n) is 1.99. The summed E-state index contributed by atoms with van der Waals surface area (Å²) in [5.74, 6) is 0. The number of rotatable bonds is 1. The average molecular weight is 265 g/mol. The van der Waals surface area contributed by atoms with Gasteiger partial charge in [-0.05, 0) is 44.0 Å². The molecule has 0 spiro atoms. The SMILES string of the molecule is Cc1cc(-c2ccccc2C(F)(F)F)nc(C)c1C. The second-order valence-corrected chi connectivity index (χ2v) is 4.58. The standard InChI is InChI=1S/C15H14F3N/c1-9-8-14(19-11(3)10(9)2)12-6-4-5-7-13(12)15(16,17)18/h4-8H,1-3H3. The fraction of sp³-hybridized carbons (Fsp3) is 0.267. The minimum Gasteiger partial charge on any atom is -0.253 e. The normalized spacial score (nSPS) is 11.7. The van der Waals surface area contributed by atoms with Gasteiger partial charge in [0.25, 0.3) is 0 Å². The summed E-state index contributed by atoms with van der Waals surface area (Å²) in [5, 5.41) is 0. The van der Waals surface area contributed by atoms with Crippen molar-refractivity contribution >= 4 is 0 Å². The Morgan fingerprint density at radius 3 is 2.21 bits per heavy atom. The quantitative estimate of drug-likeness (QED) is 0.728. The third-order valence-electron chi connectivity index (χ3n) is 3.28. The molecule has 1 aromatic carbocycles. The minimum atomic E-state index is -4.37. The summed E-state index contributed by atoms with van der Waals surface area (Å²) >= 11 is 0. The Morgan fingerprint density at radius 2 is 1.63 bits per heavy atom. The summed E-state index contributed by atoms with van der Waals surface area (Å²) < 4.78 is 39.0. The molecular formula is C15H14F3N. The second kappa shape index (κ2) is 4.68. The first kappa shape index (κ1) is 13.6. The van der Waals surface area contributed by atoms with Crippen LogP contribution < -0.4 is 0 Å². The molecule has 0 atom stereocenters. The maximum Gasteiger partial charge on any atom is 0.417 e. The van der Waals surface area contributed by atoms with E-state index in [4.69, 9.17) is 0 Å². The Kier molecular flexibility index (Phi) is 3.35. The number of alkyl halides is 3. The summed E-state index contributed by atoms with van der Waals surface area (Å²) in [6.45, 7) is 5.60. The van der Waals surface area contributed by atoms with Gasteiger partial charge in [0.05, 0.1) is 11.3 Å². The molecule has 0 aliphatic carbocycles. The first-order valence-electron chi connectivity index (χ1n) is 5.92. The second-order valence-electron chi connectivity index (χ2n) is 4.58. The third-order valence-corrected chi connectivity index (χ3v) is 3.28. The van der Waals surface area contributed by atoms with Gasteiger partial charge in [-0.3, -0.25) is 4.98 Å². The van der Waals surface area contributed by atoms with Crippen LogP contribution in [0.15, 0.2) is 30.3 Å². The van der Waals surface area contributed by atoms with Crippen molar-refractivity contribution < 1.29 is 13.2 Å². The lowest BCUT2D eigenvalue weighted by Gasteiger charge is -2.14. The van der Waals surface area contributed by atoms with Gasteiger partial charge < -0.3 is 0 Å². The highest BCUT2D eigenvalue weighted by Crippen LogP contribution is 2.36. The van der Waals surface area contributed by atoms with Gasteiger partial charge in [0, 0.05) is 11.3 Å². The molecule has 0 amide bonds. The highest BCUT2D eigenvalue weighted by Gasteiger charge is 2.33. The van der Waals surface area contributed by atoms with Gasteiger partial charge in [-0.2, -0.15) is 13.2 Å². The predicted molar refractivity (Wildman–Crippen MR) is 68.9 cm³/mol. The van der Waals surface area contributed by atoms with E-state index in [1.54, 1.807) is 12.1 Å². The number of aryl methyl sites for hydroxylation is 2. The Labute approximate surface area is 110 Å². The summed E-state index contributed by atoms with van der Waals surface area (Å²) in [7, 11) is 0. The molecule has 0 unspecified atom stereocenters. The van der Waals surface area contributed by atoms with E-state index in [-0.39, 0.29) is 5.56 Å². The maximum atomic E-state index is 13.0.